The van der Waals surface area contributed by atoms with Crippen molar-refractivity contribution in [3.8, 4) is 11.5 Å². The number of carbonyl (C=O) groups is 1. The Balaban J connectivity index is 1.79. The minimum absolute atomic E-state index is 0.0989. The third-order valence-corrected chi connectivity index (χ3v) is 5.18. The zero-order chi connectivity index (χ0) is 18.5. The summed E-state index contributed by atoms with van der Waals surface area (Å²) >= 11 is 0. The maximum Gasteiger partial charge on any atom is 0.223 e. The minimum atomic E-state index is 0.0989. The first-order valence-electron chi connectivity index (χ1n) is 9.26. The molecule has 0 aliphatic carbocycles. The standard InChI is InChI=1S/C22H27NO3/c1-4-19-18-15-21(26-3)20(25-2)14-17(18)12-13-23(19)22(24)11-10-16-8-6-5-7-9-16/h5-9,14-15,19H,4,10-13H2,1-3H3/t19-/m0/s1. The van der Waals surface area contributed by atoms with Crippen LogP contribution in [0.5, 0.6) is 11.5 Å². The SMILES string of the molecule is CC[C@H]1c2cc(OC)c(OC)cc2CCN1C(=O)CCc1ccccc1. The van der Waals surface area contributed by atoms with Crippen LogP contribution in [0.25, 0.3) is 0 Å². The van der Waals surface area contributed by atoms with Gasteiger partial charge in [-0.3, -0.25) is 4.79 Å². The van der Waals surface area contributed by atoms with Crippen LogP contribution in [-0.2, 0) is 17.6 Å². The van der Waals surface area contributed by atoms with Crippen LogP contribution in [0, 0.1) is 0 Å². The predicted molar refractivity (Wildman–Crippen MR) is 103 cm³/mol. The van der Waals surface area contributed by atoms with Crippen molar-refractivity contribution in [2.45, 2.75) is 38.6 Å². The molecule has 4 nitrogen and oxygen atoms in total. The Kier molecular flexibility index (Phi) is 5.82. The number of hydrogen-bond donors (Lipinski definition) is 0. The first kappa shape index (κ1) is 18.3. The molecule has 0 radical (unpaired) electrons. The number of benzene rings is 2. The summed E-state index contributed by atoms with van der Waals surface area (Å²) in [5.41, 5.74) is 3.64. The van der Waals surface area contributed by atoms with E-state index in [1.54, 1.807) is 14.2 Å². The van der Waals surface area contributed by atoms with Gasteiger partial charge in [0, 0.05) is 13.0 Å². The summed E-state index contributed by atoms with van der Waals surface area (Å²) in [7, 11) is 3.31. The molecule has 0 saturated carbocycles. The average molecular weight is 353 g/mol. The smallest absolute Gasteiger partial charge is 0.223 e. The van der Waals surface area contributed by atoms with Gasteiger partial charge in [-0.1, -0.05) is 37.3 Å². The Hall–Kier alpha value is -2.49. The van der Waals surface area contributed by atoms with Gasteiger partial charge in [-0.25, -0.2) is 0 Å². The van der Waals surface area contributed by atoms with E-state index in [0.717, 1.165) is 37.3 Å². The number of fused-ring (bicyclic) bond motifs is 1. The van der Waals surface area contributed by atoms with E-state index >= 15 is 0 Å². The minimum Gasteiger partial charge on any atom is -0.493 e. The van der Waals surface area contributed by atoms with Gasteiger partial charge in [0.25, 0.3) is 0 Å². The van der Waals surface area contributed by atoms with Crippen molar-refractivity contribution < 1.29 is 14.3 Å². The molecular weight excluding hydrogens is 326 g/mol. The molecule has 1 aliphatic heterocycles. The summed E-state index contributed by atoms with van der Waals surface area (Å²) in [4.78, 5) is 14.9. The number of methoxy groups -OCH3 is 2. The molecule has 0 saturated heterocycles. The predicted octanol–water partition coefficient (Wildman–Crippen LogP) is 4.17. The lowest BCUT2D eigenvalue weighted by Crippen LogP contribution is -2.40. The van der Waals surface area contributed by atoms with Crippen molar-refractivity contribution in [2.75, 3.05) is 20.8 Å². The molecular formula is C22H27NO3. The summed E-state index contributed by atoms with van der Waals surface area (Å²) in [5.74, 6) is 1.70. The fourth-order valence-electron chi connectivity index (χ4n) is 3.81. The lowest BCUT2D eigenvalue weighted by molar-refractivity contribution is -0.134. The van der Waals surface area contributed by atoms with Gasteiger partial charge < -0.3 is 14.4 Å². The summed E-state index contributed by atoms with van der Waals surface area (Å²) in [6, 6.07) is 14.4. The van der Waals surface area contributed by atoms with Crippen molar-refractivity contribution in [1.29, 1.82) is 0 Å². The van der Waals surface area contributed by atoms with Crippen LogP contribution in [-0.4, -0.2) is 31.6 Å². The van der Waals surface area contributed by atoms with E-state index in [0.29, 0.717) is 6.42 Å². The Morgan fingerprint density at radius 1 is 1.12 bits per heavy atom. The largest absolute Gasteiger partial charge is 0.493 e. The van der Waals surface area contributed by atoms with E-state index in [2.05, 4.69) is 25.1 Å². The molecule has 1 heterocycles. The van der Waals surface area contributed by atoms with Crippen molar-refractivity contribution in [3.05, 3.63) is 59.2 Å². The van der Waals surface area contributed by atoms with Crippen LogP contribution in [0.2, 0.25) is 0 Å². The van der Waals surface area contributed by atoms with E-state index < -0.39 is 0 Å². The number of nitrogens with zero attached hydrogens (tertiary/aromatic N) is 1. The number of aryl methyl sites for hydroxylation is 1. The van der Waals surface area contributed by atoms with Crippen LogP contribution in [0.1, 0.15) is 42.5 Å². The lowest BCUT2D eigenvalue weighted by atomic mass is 9.90. The topological polar surface area (TPSA) is 38.8 Å². The summed E-state index contributed by atoms with van der Waals surface area (Å²) in [6.45, 7) is 2.89. The molecule has 0 bridgehead atoms. The molecule has 0 aromatic heterocycles. The number of amides is 1. The lowest BCUT2D eigenvalue weighted by Gasteiger charge is -2.37. The van der Waals surface area contributed by atoms with Gasteiger partial charge in [0.05, 0.1) is 20.3 Å². The summed E-state index contributed by atoms with van der Waals surface area (Å²) < 4.78 is 10.9. The van der Waals surface area contributed by atoms with E-state index in [1.165, 1.54) is 16.7 Å². The van der Waals surface area contributed by atoms with Crippen LogP contribution < -0.4 is 9.47 Å². The van der Waals surface area contributed by atoms with Gasteiger partial charge in [0.1, 0.15) is 0 Å². The quantitative estimate of drug-likeness (QED) is 0.782. The number of carbonyl (C=O) groups excluding carboxylic acids is 1. The Morgan fingerprint density at radius 3 is 2.46 bits per heavy atom. The highest BCUT2D eigenvalue weighted by Crippen LogP contribution is 2.39. The highest BCUT2D eigenvalue weighted by molar-refractivity contribution is 5.77. The molecule has 138 valence electrons. The number of ether oxygens (including phenoxy) is 2. The van der Waals surface area contributed by atoms with Gasteiger partial charge in [-0.15, -0.1) is 0 Å². The van der Waals surface area contributed by atoms with Gasteiger partial charge in [-0.2, -0.15) is 0 Å². The van der Waals surface area contributed by atoms with Gasteiger partial charge in [0.15, 0.2) is 11.5 Å². The molecule has 2 aromatic carbocycles. The van der Waals surface area contributed by atoms with Crippen LogP contribution in [0.4, 0.5) is 0 Å². The van der Waals surface area contributed by atoms with Crippen molar-refractivity contribution in [3.63, 3.8) is 0 Å². The van der Waals surface area contributed by atoms with Crippen LogP contribution in [0.3, 0.4) is 0 Å². The molecule has 26 heavy (non-hydrogen) atoms. The van der Waals surface area contributed by atoms with Crippen LogP contribution >= 0.6 is 0 Å². The molecule has 0 fully saturated rings. The van der Waals surface area contributed by atoms with Crippen molar-refractivity contribution in [1.82, 2.24) is 4.90 Å². The monoisotopic (exact) mass is 353 g/mol. The zero-order valence-corrected chi connectivity index (χ0v) is 15.8. The maximum absolute atomic E-state index is 12.9. The fraction of sp³-hybridized carbons (Fsp3) is 0.409. The molecule has 0 unspecified atom stereocenters. The normalized spacial score (nSPS) is 16.1. The number of hydrogen-bond acceptors (Lipinski definition) is 3. The van der Waals surface area contributed by atoms with Gasteiger partial charge in [-0.05, 0) is 48.1 Å². The van der Waals surface area contributed by atoms with Gasteiger partial charge >= 0.3 is 0 Å². The van der Waals surface area contributed by atoms with Crippen LogP contribution in [0.15, 0.2) is 42.5 Å². The number of rotatable bonds is 6. The molecule has 2 aromatic rings. The maximum atomic E-state index is 12.9. The molecule has 3 rings (SSSR count). The van der Waals surface area contributed by atoms with Gasteiger partial charge in [0.2, 0.25) is 5.91 Å². The summed E-state index contributed by atoms with van der Waals surface area (Å²) in [6.07, 6.45) is 3.07. The average Bonchev–Trinajstić information content (AvgIpc) is 2.70. The first-order valence-corrected chi connectivity index (χ1v) is 9.26. The van der Waals surface area contributed by atoms with E-state index in [9.17, 15) is 4.79 Å². The highest BCUT2D eigenvalue weighted by Gasteiger charge is 2.30. The second kappa shape index (κ2) is 8.26. The molecule has 1 amide bonds. The molecule has 0 N–H and O–H groups in total. The molecule has 1 aliphatic rings. The molecule has 4 heteroatoms. The van der Waals surface area contributed by atoms with E-state index in [-0.39, 0.29) is 11.9 Å². The first-order chi connectivity index (χ1) is 12.7. The second-order valence-corrected chi connectivity index (χ2v) is 6.65. The van der Waals surface area contributed by atoms with E-state index in [1.807, 2.05) is 29.2 Å². The molecule has 0 spiro atoms. The third kappa shape index (κ3) is 3.69. The van der Waals surface area contributed by atoms with E-state index in [4.69, 9.17) is 9.47 Å². The third-order valence-electron chi connectivity index (χ3n) is 5.18. The second-order valence-electron chi connectivity index (χ2n) is 6.65. The Bertz CT molecular complexity index is 757. The molecule has 1 atom stereocenters. The van der Waals surface area contributed by atoms with Crippen molar-refractivity contribution >= 4 is 5.91 Å². The Labute approximate surface area is 155 Å². The van der Waals surface area contributed by atoms with Crippen molar-refractivity contribution in [2.24, 2.45) is 0 Å². The highest BCUT2D eigenvalue weighted by atomic mass is 16.5. The zero-order valence-electron chi connectivity index (χ0n) is 15.8. The Morgan fingerprint density at radius 2 is 1.81 bits per heavy atom. The summed E-state index contributed by atoms with van der Waals surface area (Å²) in [5, 5.41) is 0. The fourth-order valence-corrected chi connectivity index (χ4v) is 3.81.